The van der Waals surface area contributed by atoms with Crippen LogP contribution in [0.15, 0.2) is 30.3 Å². The van der Waals surface area contributed by atoms with Gasteiger partial charge in [-0.1, -0.05) is 38.0 Å². The minimum Gasteiger partial charge on any atom is -0.362 e. The minimum absolute atomic E-state index is 0.197. The Morgan fingerprint density at radius 2 is 2.04 bits per heavy atom. The van der Waals surface area contributed by atoms with E-state index >= 15 is 0 Å². The van der Waals surface area contributed by atoms with Crippen molar-refractivity contribution in [2.45, 2.75) is 32.2 Å². The maximum atomic E-state index is 5.37. The first-order valence-electron chi connectivity index (χ1n) is 8.43. The predicted molar refractivity (Wildman–Crippen MR) is 106 cm³/mol. The number of hydrogen-bond donors (Lipinski definition) is 2. The summed E-state index contributed by atoms with van der Waals surface area (Å²) in [6, 6.07) is 10.8. The van der Waals surface area contributed by atoms with Gasteiger partial charge in [0.15, 0.2) is 5.11 Å². The first-order valence-corrected chi connectivity index (χ1v) is 10.3. The van der Waals surface area contributed by atoms with Crippen molar-refractivity contribution < 1.29 is 0 Å². The Balaban J connectivity index is 1.72. The molecule has 1 fully saturated rings. The number of unbranched alkanes of at least 4 members (excludes halogenated alkanes) is 1. The van der Waals surface area contributed by atoms with E-state index in [0.717, 1.165) is 24.4 Å². The summed E-state index contributed by atoms with van der Waals surface area (Å²) in [7, 11) is 4.35. The fraction of sp³-hybridized carbons (Fsp3) is 0.588. The van der Waals surface area contributed by atoms with E-state index in [4.69, 9.17) is 12.2 Å². The second kappa shape index (κ2) is 9.53. The van der Waals surface area contributed by atoms with Crippen LogP contribution in [0.1, 0.15) is 26.2 Å². The summed E-state index contributed by atoms with van der Waals surface area (Å²) in [6.45, 7) is 4.39. The quantitative estimate of drug-likeness (QED) is 0.577. The molecule has 23 heavy (non-hydrogen) atoms. The molecule has 2 N–H and O–H groups in total. The van der Waals surface area contributed by atoms with Crippen molar-refractivity contribution >= 4 is 31.2 Å². The third-order valence-electron chi connectivity index (χ3n) is 4.28. The smallest absolute Gasteiger partial charge is 0.170 e. The summed E-state index contributed by atoms with van der Waals surface area (Å²) in [4.78, 5) is 0. The summed E-state index contributed by atoms with van der Waals surface area (Å²) in [5.74, 6) is 0. The van der Waals surface area contributed by atoms with Gasteiger partial charge in [0, 0.05) is 39.2 Å². The summed E-state index contributed by atoms with van der Waals surface area (Å²) in [5, 5.41) is 7.27. The minimum atomic E-state index is -0.197. The monoisotopic (exact) mass is 352 g/mol. The lowest BCUT2D eigenvalue weighted by Gasteiger charge is -2.27. The van der Waals surface area contributed by atoms with Crippen LogP contribution in [-0.4, -0.2) is 53.8 Å². The van der Waals surface area contributed by atoms with Gasteiger partial charge in [0.1, 0.15) is 0 Å². The Kier molecular flexibility index (Phi) is 7.71. The van der Waals surface area contributed by atoms with Gasteiger partial charge in [0.25, 0.3) is 0 Å². The van der Waals surface area contributed by atoms with Crippen LogP contribution in [0, 0.1) is 0 Å². The molecule has 1 saturated heterocycles. The standard InChI is InChI=1S/C17H29N4PS/c1-4-5-11-16-14-20(2)22(21(16)3)13-12-18-17(23)19-15-9-7-6-8-10-15/h6-10,16H,4-5,11-14H2,1-3H3,(H2,18,19,23)/t16-,22?/m1/s1. The Morgan fingerprint density at radius 3 is 2.74 bits per heavy atom. The molecule has 4 nitrogen and oxygen atoms in total. The average molecular weight is 352 g/mol. The molecule has 6 heteroatoms. The number of anilines is 1. The number of likely N-dealkylation sites (N-methyl/N-ethyl adjacent to an activating group) is 2. The molecule has 0 aliphatic carbocycles. The number of nitrogens with zero attached hydrogens (tertiary/aromatic N) is 2. The Morgan fingerprint density at radius 1 is 1.30 bits per heavy atom. The van der Waals surface area contributed by atoms with Crippen LogP contribution in [-0.2, 0) is 0 Å². The molecule has 0 radical (unpaired) electrons. The topological polar surface area (TPSA) is 30.5 Å². The SMILES string of the molecule is CCCC[C@@H]1CN(C)P(CCNC(=S)Nc2ccccc2)N1C. The lowest BCUT2D eigenvalue weighted by molar-refractivity contribution is 0.374. The van der Waals surface area contributed by atoms with E-state index < -0.39 is 0 Å². The maximum absolute atomic E-state index is 5.37. The van der Waals surface area contributed by atoms with Gasteiger partial charge in [-0.3, -0.25) is 9.34 Å². The second-order valence-corrected chi connectivity index (χ2v) is 8.97. The van der Waals surface area contributed by atoms with Crippen LogP contribution in [0.4, 0.5) is 5.69 Å². The summed E-state index contributed by atoms with van der Waals surface area (Å²) >= 11 is 5.37. The normalized spacial score (nSPS) is 22.2. The van der Waals surface area contributed by atoms with Crippen molar-refractivity contribution in [3.05, 3.63) is 30.3 Å². The number of thiocarbonyl (C=S) groups is 1. The first-order chi connectivity index (χ1) is 11.1. The molecule has 1 aromatic carbocycles. The summed E-state index contributed by atoms with van der Waals surface area (Å²) in [6.07, 6.45) is 5.07. The third kappa shape index (κ3) is 5.68. The number of para-hydroxylation sites is 1. The lowest BCUT2D eigenvalue weighted by atomic mass is 10.1. The molecule has 0 spiro atoms. The van der Waals surface area contributed by atoms with Gasteiger partial charge in [-0.25, -0.2) is 0 Å². The molecule has 1 aliphatic heterocycles. The molecular formula is C17H29N4PS. The fourth-order valence-corrected chi connectivity index (χ4v) is 5.57. The average Bonchev–Trinajstić information content (AvgIpc) is 2.81. The fourth-order valence-electron chi connectivity index (χ4n) is 2.96. The van der Waals surface area contributed by atoms with Gasteiger partial charge in [-0.05, 0) is 44.9 Å². The van der Waals surface area contributed by atoms with Crippen molar-refractivity contribution in [1.82, 2.24) is 14.7 Å². The summed E-state index contributed by atoms with van der Waals surface area (Å²) in [5.41, 5.74) is 1.03. The van der Waals surface area contributed by atoms with Gasteiger partial charge in [-0.2, -0.15) is 0 Å². The number of rotatable bonds is 7. The van der Waals surface area contributed by atoms with Crippen molar-refractivity contribution in [2.75, 3.05) is 38.7 Å². The van der Waals surface area contributed by atoms with Crippen LogP contribution in [0.3, 0.4) is 0 Å². The second-order valence-electron chi connectivity index (χ2n) is 6.05. The number of hydrogen-bond acceptors (Lipinski definition) is 3. The highest BCUT2D eigenvalue weighted by Crippen LogP contribution is 2.49. The van der Waals surface area contributed by atoms with E-state index in [1.165, 1.54) is 25.8 Å². The van der Waals surface area contributed by atoms with Crippen LogP contribution in [0.5, 0.6) is 0 Å². The zero-order valence-corrected chi connectivity index (χ0v) is 16.2. The van der Waals surface area contributed by atoms with E-state index in [1.807, 2.05) is 30.3 Å². The summed E-state index contributed by atoms with van der Waals surface area (Å²) < 4.78 is 5.13. The number of nitrogens with one attached hydrogen (secondary N) is 2. The van der Waals surface area contributed by atoms with Gasteiger partial charge in [-0.15, -0.1) is 0 Å². The molecular weight excluding hydrogens is 323 g/mol. The third-order valence-corrected chi connectivity index (χ3v) is 7.16. The molecule has 0 bridgehead atoms. The van der Waals surface area contributed by atoms with Crippen LogP contribution >= 0.6 is 20.4 Å². The Hall–Kier alpha value is -0.740. The number of benzene rings is 1. The van der Waals surface area contributed by atoms with Crippen molar-refractivity contribution in [3.63, 3.8) is 0 Å². The van der Waals surface area contributed by atoms with Crippen molar-refractivity contribution in [3.8, 4) is 0 Å². The largest absolute Gasteiger partial charge is 0.362 e. The molecule has 0 amide bonds. The van der Waals surface area contributed by atoms with Crippen molar-refractivity contribution in [2.24, 2.45) is 0 Å². The molecule has 128 valence electrons. The van der Waals surface area contributed by atoms with E-state index in [9.17, 15) is 0 Å². The molecule has 1 unspecified atom stereocenters. The van der Waals surface area contributed by atoms with E-state index in [0.29, 0.717) is 5.11 Å². The van der Waals surface area contributed by atoms with E-state index in [2.05, 4.69) is 41.0 Å². The first kappa shape index (κ1) is 18.6. The van der Waals surface area contributed by atoms with Gasteiger partial charge in [0.05, 0.1) is 0 Å². The Bertz CT molecular complexity index is 485. The van der Waals surface area contributed by atoms with Crippen LogP contribution in [0.2, 0.25) is 0 Å². The molecule has 2 rings (SSSR count). The highest BCUT2D eigenvalue weighted by molar-refractivity contribution is 7.80. The molecule has 0 aromatic heterocycles. The van der Waals surface area contributed by atoms with Gasteiger partial charge >= 0.3 is 0 Å². The molecule has 0 saturated carbocycles. The van der Waals surface area contributed by atoms with Crippen LogP contribution < -0.4 is 10.6 Å². The van der Waals surface area contributed by atoms with Crippen molar-refractivity contribution in [1.29, 1.82) is 0 Å². The van der Waals surface area contributed by atoms with Gasteiger partial charge in [0.2, 0.25) is 0 Å². The highest BCUT2D eigenvalue weighted by atomic mass is 32.1. The van der Waals surface area contributed by atoms with Gasteiger partial charge < -0.3 is 10.6 Å². The van der Waals surface area contributed by atoms with E-state index in [-0.39, 0.29) is 8.22 Å². The zero-order chi connectivity index (χ0) is 16.7. The molecule has 2 atom stereocenters. The zero-order valence-electron chi connectivity index (χ0n) is 14.5. The molecule has 1 heterocycles. The van der Waals surface area contributed by atoms with E-state index in [1.54, 1.807) is 0 Å². The highest BCUT2D eigenvalue weighted by Gasteiger charge is 2.33. The van der Waals surface area contributed by atoms with Crippen LogP contribution in [0.25, 0.3) is 0 Å². The maximum Gasteiger partial charge on any atom is 0.170 e. The predicted octanol–water partition coefficient (Wildman–Crippen LogP) is 3.72. The molecule has 1 aliphatic rings. The molecule has 1 aromatic rings. The Labute approximate surface area is 147 Å². The lowest BCUT2D eigenvalue weighted by Crippen LogP contribution is -2.32.